The minimum absolute atomic E-state index is 0.123. The molecule has 0 fully saturated rings. The summed E-state index contributed by atoms with van der Waals surface area (Å²) >= 11 is 0. The number of hydrogen-bond donors (Lipinski definition) is 1. The number of nitrogens with zero attached hydrogens (tertiary/aromatic N) is 2. The standard InChI is InChI=1S/C16H18N2O/c1-16(2,3)13-10-7-11-14(15(13)19)18-17-12-8-5-4-6-9-12/h4-11,19H,1-3H3. The average molecular weight is 254 g/mol. The zero-order chi connectivity index (χ0) is 13.9. The van der Waals surface area contributed by atoms with Crippen LogP contribution in [-0.4, -0.2) is 5.11 Å². The van der Waals surface area contributed by atoms with Gasteiger partial charge >= 0.3 is 0 Å². The molecule has 0 amide bonds. The van der Waals surface area contributed by atoms with Crippen LogP contribution in [0.15, 0.2) is 58.8 Å². The minimum Gasteiger partial charge on any atom is -0.505 e. The Morgan fingerprint density at radius 2 is 1.53 bits per heavy atom. The van der Waals surface area contributed by atoms with Crippen molar-refractivity contribution < 1.29 is 5.11 Å². The van der Waals surface area contributed by atoms with Crippen LogP contribution >= 0.6 is 0 Å². The van der Waals surface area contributed by atoms with Crippen LogP contribution in [0.5, 0.6) is 5.75 Å². The number of para-hydroxylation sites is 1. The zero-order valence-electron chi connectivity index (χ0n) is 11.5. The first-order valence-electron chi connectivity index (χ1n) is 6.28. The second kappa shape index (κ2) is 5.22. The second-order valence-corrected chi connectivity index (χ2v) is 5.46. The molecule has 0 aliphatic rings. The van der Waals surface area contributed by atoms with E-state index in [0.29, 0.717) is 5.69 Å². The first kappa shape index (κ1) is 13.3. The van der Waals surface area contributed by atoms with Gasteiger partial charge in [-0.2, -0.15) is 5.11 Å². The summed E-state index contributed by atoms with van der Waals surface area (Å²) in [5.74, 6) is 0.203. The van der Waals surface area contributed by atoms with Crippen molar-refractivity contribution in [2.24, 2.45) is 10.2 Å². The topological polar surface area (TPSA) is 45.0 Å². The second-order valence-electron chi connectivity index (χ2n) is 5.46. The maximum absolute atomic E-state index is 10.2. The van der Waals surface area contributed by atoms with E-state index < -0.39 is 0 Å². The molecule has 2 aromatic carbocycles. The first-order valence-corrected chi connectivity index (χ1v) is 6.28. The smallest absolute Gasteiger partial charge is 0.146 e. The fourth-order valence-corrected chi connectivity index (χ4v) is 1.82. The Labute approximate surface area is 113 Å². The molecule has 1 N–H and O–H groups in total. The molecule has 0 aromatic heterocycles. The van der Waals surface area contributed by atoms with Gasteiger partial charge in [0.25, 0.3) is 0 Å². The Morgan fingerprint density at radius 3 is 2.16 bits per heavy atom. The zero-order valence-corrected chi connectivity index (χ0v) is 11.5. The highest BCUT2D eigenvalue weighted by atomic mass is 16.3. The lowest BCUT2D eigenvalue weighted by atomic mass is 9.86. The molecule has 0 spiro atoms. The molecular formula is C16H18N2O. The summed E-state index contributed by atoms with van der Waals surface area (Å²) < 4.78 is 0. The van der Waals surface area contributed by atoms with E-state index in [9.17, 15) is 5.11 Å². The van der Waals surface area contributed by atoms with Crippen LogP contribution in [0.2, 0.25) is 0 Å². The number of rotatable bonds is 2. The molecule has 0 aliphatic carbocycles. The van der Waals surface area contributed by atoms with Crippen molar-refractivity contribution in [3.63, 3.8) is 0 Å². The average Bonchev–Trinajstić information content (AvgIpc) is 2.37. The lowest BCUT2D eigenvalue weighted by Gasteiger charge is -2.20. The molecule has 0 radical (unpaired) electrons. The van der Waals surface area contributed by atoms with Crippen LogP contribution in [0.4, 0.5) is 11.4 Å². The SMILES string of the molecule is CC(C)(C)c1cccc(N=Nc2ccccc2)c1O. The van der Waals surface area contributed by atoms with Gasteiger partial charge in [-0.1, -0.05) is 51.1 Å². The van der Waals surface area contributed by atoms with Gasteiger partial charge in [0.1, 0.15) is 11.4 Å². The molecule has 3 nitrogen and oxygen atoms in total. The van der Waals surface area contributed by atoms with Crippen LogP contribution < -0.4 is 0 Å². The molecule has 2 rings (SSSR count). The minimum atomic E-state index is -0.123. The Balaban J connectivity index is 2.34. The Kier molecular flexibility index (Phi) is 3.65. The molecule has 19 heavy (non-hydrogen) atoms. The van der Waals surface area contributed by atoms with Crippen LogP contribution in [0.3, 0.4) is 0 Å². The van der Waals surface area contributed by atoms with E-state index in [4.69, 9.17) is 0 Å². The molecule has 3 heteroatoms. The molecule has 0 bridgehead atoms. The van der Waals surface area contributed by atoms with Gasteiger partial charge in [-0.3, -0.25) is 0 Å². The maximum Gasteiger partial charge on any atom is 0.146 e. The van der Waals surface area contributed by atoms with Gasteiger partial charge < -0.3 is 5.11 Å². The Bertz CT molecular complexity index is 583. The predicted octanol–water partition coefficient (Wildman–Crippen LogP) is 5.11. The maximum atomic E-state index is 10.2. The Hall–Kier alpha value is -2.16. The summed E-state index contributed by atoms with van der Waals surface area (Å²) in [5, 5.41) is 18.5. The highest BCUT2D eigenvalue weighted by Gasteiger charge is 2.19. The molecule has 98 valence electrons. The summed E-state index contributed by atoms with van der Waals surface area (Å²) in [7, 11) is 0. The largest absolute Gasteiger partial charge is 0.505 e. The van der Waals surface area contributed by atoms with Crippen LogP contribution in [0, 0.1) is 0 Å². The van der Waals surface area contributed by atoms with E-state index in [2.05, 4.69) is 31.0 Å². The van der Waals surface area contributed by atoms with Gasteiger partial charge in [0, 0.05) is 5.56 Å². The van der Waals surface area contributed by atoms with Gasteiger partial charge in [-0.15, -0.1) is 5.11 Å². The number of phenolic OH excluding ortho intramolecular Hbond substituents is 1. The number of aromatic hydroxyl groups is 1. The van der Waals surface area contributed by atoms with E-state index in [-0.39, 0.29) is 11.2 Å². The first-order chi connectivity index (χ1) is 8.98. The van der Waals surface area contributed by atoms with Gasteiger partial charge in [0.15, 0.2) is 0 Å². The number of benzene rings is 2. The molecule has 0 unspecified atom stereocenters. The molecule has 0 atom stereocenters. The number of phenols is 1. The van der Waals surface area contributed by atoms with Crippen molar-refractivity contribution in [3.8, 4) is 5.75 Å². The summed E-state index contributed by atoms with van der Waals surface area (Å²) in [6, 6.07) is 15.0. The summed E-state index contributed by atoms with van der Waals surface area (Å²) in [6.07, 6.45) is 0. The predicted molar refractivity (Wildman–Crippen MR) is 77.4 cm³/mol. The molecule has 0 aliphatic heterocycles. The monoisotopic (exact) mass is 254 g/mol. The van der Waals surface area contributed by atoms with E-state index in [1.54, 1.807) is 6.07 Å². The van der Waals surface area contributed by atoms with Crippen molar-refractivity contribution in [3.05, 3.63) is 54.1 Å². The Morgan fingerprint density at radius 1 is 0.842 bits per heavy atom. The van der Waals surface area contributed by atoms with Crippen molar-refractivity contribution in [1.29, 1.82) is 0 Å². The van der Waals surface area contributed by atoms with E-state index in [0.717, 1.165) is 11.3 Å². The highest BCUT2D eigenvalue weighted by Crippen LogP contribution is 2.37. The molecular weight excluding hydrogens is 236 g/mol. The molecule has 0 saturated carbocycles. The van der Waals surface area contributed by atoms with Crippen LogP contribution in [0.1, 0.15) is 26.3 Å². The van der Waals surface area contributed by atoms with Crippen molar-refractivity contribution in [1.82, 2.24) is 0 Å². The van der Waals surface area contributed by atoms with E-state index >= 15 is 0 Å². The highest BCUT2D eigenvalue weighted by molar-refractivity contribution is 5.57. The van der Waals surface area contributed by atoms with Crippen molar-refractivity contribution in [2.45, 2.75) is 26.2 Å². The molecule has 0 saturated heterocycles. The molecule has 0 heterocycles. The van der Waals surface area contributed by atoms with Gasteiger partial charge in [-0.25, -0.2) is 0 Å². The summed E-state index contributed by atoms with van der Waals surface area (Å²) in [6.45, 7) is 6.17. The van der Waals surface area contributed by atoms with Gasteiger partial charge in [0.05, 0.1) is 5.69 Å². The third-order valence-corrected chi connectivity index (χ3v) is 2.85. The normalized spacial score (nSPS) is 11.9. The summed E-state index contributed by atoms with van der Waals surface area (Å²) in [5.41, 5.74) is 2.01. The van der Waals surface area contributed by atoms with Crippen LogP contribution in [0.25, 0.3) is 0 Å². The fourth-order valence-electron chi connectivity index (χ4n) is 1.82. The lowest BCUT2D eigenvalue weighted by molar-refractivity contribution is 0.448. The van der Waals surface area contributed by atoms with E-state index in [1.807, 2.05) is 42.5 Å². The number of azo groups is 1. The third kappa shape index (κ3) is 3.19. The van der Waals surface area contributed by atoms with Gasteiger partial charge in [0.2, 0.25) is 0 Å². The van der Waals surface area contributed by atoms with E-state index in [1.165, 1.54) is 0 Å². The quantitative estimate of drug-likeness (QED) is 0.744. The molecule has 2 aromatic rings. The van der Waals surface area contributed by atoms with Crippen molar-refractivity contribution in [2.75, 3.05) is 0 Å². The van der Waals surface area contributed by atoms with Crippen molar-refractivity contribution >= 4 is 11.4 Å². The third-order valence-electron chi connectivity index (χ3n) is 2.85. The number of hydrogen-bond acceptors (Lipinski definition) is 3. The summed E-state index contributed by atoms with van der Waals surface area (Å²) in [4.78, 5) is 0. The fraction of sp³-hybridized carbons (Fsp3) is 0.250. The lowest BCUT2D eigenvalue weighted by Crippen LogP contribution is -2.10. The van der Waals surface area contributed by atoms with Gasteiger partial charge in [-0.05, 0) is 23.6 Å². The van der Waals surface area contributed by atoms with Crippen LogP contribution in [-0.2, 0) is 5.41 Å².